The van der Waals surface area contributed by atoms with Crippen LogP contribution in [0.15, 0.2) is 0 Å². The Kier molecular flexibility index (Phi) is 2.32. The van der Waals surface area contributed by atoms with Gasteiger partial charge in [-0.2, -0.15) is 0 Å². The average Bonchev–Trinajstić information content (AvgIpc) is 2.12. The molecule has 2 heteroatoms. The van der Waals surface area contributed by atoms with Crippen molar-refractivity contribution in [1.82, 2.24) is 5.48 Å². The quantitative estimate of drug-likeness (QED) is 0.578. The third-order valence-electron chi connectivity index (χ3n) is 2.45. The predicted molar refractivity (Wildman–Crippen MR) is 40.9 cm³/mol. The molecule has 60 valence electrons. The van der Waals surface area contributed by atoms with Gasteiger partial charge in [0, 0.05) is 6.54 Å². The first kappa shape index (κ1) is 8.02. The average molecular weight is 143 g/mol. The Labute approximate surface area is 62.6 Å². The summed E-state index contributed by atoms with van der Waals surface area (Å²) in [7, 11) is 0. The molecule has 0 aromatic rings. The van der Waals surface area contributed by atoms with Crippen LogP contribution < -0.4 is 5.48 Å². The zero-order chi connectivity index (χ0) is 7.61. The highest BCUT2D eigenvalue weighted by molar-refractivity contribution is 4.82. The van der Waals surface area contributed by atoms with Gasteiger partial charge in [0.2, 0.25) is 0 Å². The first-order valence-corrected chi connectivity index (χ1v) is 4.01. The molecule has 2 N–H and O–H groups in total. The van der Waals surface area contributed by atoms with Crippen LogP contribution in [0.3, 0.4) is 0 Å². The van der Waals surface area contributed by atoms with E-state index >= 15 is 0 Å². The maximum Gasteiger partial charge on any atom is 0.0236 e. The number of hydrogen-bond acceptors (Lipinski definition) is 2. The molecule has 1 rings (SSSR count). The van der Waals surface area contributed by atoms with Gasteiger partial charge < -0.3 is 5.21 Å². The third-order valence-corrected chi connectivity index (χ3v) is 2.45. The second-order valence-corrected chi connectivity index (χ2v) is 4.14. The van der Waals surface area contributed by atoms with Crippen molar-refractivity contribution in [2.75, 3.05) is 6.54 Å². The molecular formula is C8H17NO. The molecule has 0 aromatic heterocycles. The molecule has 0 aliphatic heterocycles. The maximum absolute atomic E-state index is 8.45. The number of hydrogen-bond donors (Lipinski definition) is 2. The molecule has 0 saturated heterocycles. The van der Waals surface area contributed by atoms with Crippen LogP contribution in [0.1, 0.15) is 33.1 Å². The number of hydroxylamine groups is 1. The molecule has 2 nitrogen and oxygen atoms in total. The van der Waals surface area contributed by atoms with Gasteiger partial charge in [0.05, 0.1) is 0 Å². The lowest BCUT2D eigenvalue weighted by Gasteiger charge is -2.16. The van der Waals surface area contributed by atoms with Gasteiger partial charge >= 0.3 is 0 Å². The van der Waals surface area contributed by atoms with Crippen LogP contribution in [-0.2, 0) is 0 Å². The summed E-state index contributed by atoms with van der Waals surface area (Å²) in [6.45, 7) is 5.36. The van der Waals surface area contributed by atoms with Gasteiger partial charge in [0.15, 0.2) is 0 Å². The van der Waals surface area contributed by atoms with Crippen molar-refractivity contribution < 1.29 is 5.21 Å². The van der Waals surface area contributed by atoms with Crippen LogP contribution >= 0.6 is 0 Å². The number of nitrogens with one attached hydrogen (secondary N) is 1. The van der Waals surface area contributed by atoms with E-state index in [0.717, 1.165) is 6.54 Å². The zero-order valence-electron chi connectivity index (χ0n) is 6.85. The van der Waals surface area contributed by atoms with Gasteiger partial charge in [-0.15, -0.1) is 0 Å². The molecule has 1 aliphatic carbocycles. The monoisotopic (exact) mass is 143 g/mol. The summed E-state index contributed by atoms with van der Waals surface area (Å²) in [5.41, 5.74) is 2.76. The maximum atomic E-state index is 8.45. The Morgan fingerprint density at radius 2 is 2.30 bits per heavy atom. The van der Waals surface area contributed by atoms with Crippen LogP contribution in [0, 0.1) is 11.3 Å². The predicted octanol–water partition coefficient (Wildman–Crippen LogP) is 1.79. The SMILES string of the molecule is CC1(C)CCC(CNO)C1. The number of rotatable bonds is 2. The minimum Gasteiger partial charge on any atom is -0.317 e. The molecule has 1 saturated carbocycles. The lowest BCUT2D eigenvalue weighted by atomic mass is 9.91. The molecular weight excluding hydrogens is 126 g/mol. The van der Waals surface area contributed by atoms with Crippen molar-refractivity contribution in [3.05, 3.63) is 0 Å². The van der Waals surface area contributed by atoms with Crippen LogP contribution in [0.5, 0.6) is 0 Å². The standard InChI is InChI=1S/C8H17NO/c1-8(2)4-3-7(5-8)6-9-10/h7,9-10H,3-6H2,1-2H3. The molecule has 1 fully saturated rings. The zero-order valence-corrected chi connectivity index (χ0v) is 6.85. The molecule has 0 radical (unpaired) electrons. The van der Waals surface area contributed by atoms with Gasteiger partial charge in [0.25, 0.3) is 0 Å². The molecule has 1 atom stereocenters. The lowest BCUT2D eigenvalue weighted by molar-refractivity contribution is 0.147. The Morgan fingerprint density at radius 1 is 1.60 bits per heavy atom. The fourth-order valence-corrected chi connectivity index (χ4v) is 1.88. The third kappa shape index (κ3) is 1.96. The van der Waals surface area contributed by atoms with E-state index in [2.05, 4.69) is 19.3 Å². The Morgan fingerprint density at radius 3 is 2.70 bits per heavy atom. The Hall–Kier alpha value is -0.0800. The molecule has 10 heavy (non-hydrogen) atoms. The van der Waals surface area contributed by atoms with Crippen molar-refractivity contribution in [2.45, 2.75) is 33.1 Å². The van der Waals surface area contributed by atoms with Gasteiger partial charge in [0.1, 0.15) is 0 Å². The molecule has 0 heterocycles. The lowest BCUT2D eigenvalue weighted by Crippen LogP contribution is -2.18. The summed E-state index contributed by atoms with van der Waals surface area (Å²) in [6, 6.07) is 0. The van der Waals surface area contributed by atoms with Crippen molar-refractivity contribution >= 4 is 0 Å². The van der Waals surface area contributed by atoms with Crippen molar-refractivity contribution in [3.63, 3.8) is 0 Å². The van der Waals surface area contributed by atoms with Crippen LogP contribution in [0.4, 0.5) is 0 Å². The molecule has 0 amide bonds. The second-order valence-electron chi connectivity index (χ2n) is 4.14. The van der Waals surface area contributed by atoms with Gasteiger partial charge in [-0.3, -0.25) is 0 Å². The van der Waals surface area contributed by atoms with Crippen molar-refractivity contribution in [3.8, 4) is 0 Å². The Bertz CT molecular complexity index is 112. The summed E-state index contributed by atoms with van der Waals surface area (Å²) >= 11 is 0. The van der Waals surface area contributed by atoms with Crippen LogP contribution in [-0.4, -0.2) is 11.8 Å². The molecule has 1 aliphatic rings. The summed E-state index contributed by atoms with van der Waals surface area (Å²) in [5, 5.41) is 8.45. The minimum absolute atomic E-state index is 0.515. The van der Waals surface area contributed by atoms with E-state index in [-0.39, 0.29) is 0 Å². The molecule has 0 bridgehead atoms. The topological polar surface area (TPSA) is 32.3 Å². The van der Waals surface area contributed by atoms with E-state index in [4.69, 9.17) is 5.21 Å². The summed E-state index contributed by atoms with van der Waals surface area (Å²) < 4.78 is 0. The highest BCUT2D eigenvalue weighted by Crippen LogP contribution is 2.40. The van der Waals surface area contributed by atoms with Crippen LogP contribution in [0.2, 0.25) is 0 Å². The highest BCUT2D eigenvalue weighted by Gasteiger charge is 2.30. The van der Waals surface area contributed by atoms with Crippen LogP contribution in [0.25, 0.3) is 0 Å². The van der Waals surface area contributed by atoms with Gasteiger partial charge in [-0.05, 0) is 30.6 Å². The second kappa shape index (κ2) is 2.89. The van der Waals surface area contributed by atoms with Crippen molar-refractivity contribution in [2.24, 2.45) is 11.3 Å². The molecule has 0 spiro atoms. The van der Waals surface area contributed by atoms with E-state index < -0.39 is 0 Å². The van der Waals surface area contributed by atoms with Gasteiger partial charge in [-0.1, -0.05) is 13.8 Å². The smallest absolute Gasteiger partial charge is 0.0236 e. The van der Waals surface area contributed by atoms with E-state index in [1.807, 2.05) is 0 Å². The first-order valence-electron chi connectivity index (χ1n) is 4.01. The summed E-state index contributed by atoms with van der Waals surface area (Å²) in [4.78, 5) is 0. The molecule has 0 aromatic carbocycles. The van der Waals surface area contributed by atoms with E-state index in [9.17, 15) is 0 Å². The first-order chi connectivity index (χ1) is 4.64. The highest BCUT2D eigenvalue weighted by atomic mass is 16.5. The summed E-state index contributed by atoms with van der Waals surface area (Å²) in [5.74, 6) is 0.694. The van der Waals surface area contributed by atoms with E-state index in [0.29, 0.717) is 11.3 Å². The normalized spacial score (nSPS) is 30.9. The molecule has 1 unspecified atom stereocenters. The minimum atomic E-state index is 0.515. The summed E-state index contributed by atoms with van der Waals surface area (Å²) in [6.07, 6.45) is 3.82. The fourth-order valence-electron chi connectivity index (χ4n) is 1.88. The van der Waals surface area contributed by atoms with Crippen molar-refractivity contribution in [1.29, 1.82) is 0 Å². The van der Waals surface area contributed by atoms with Gasteiger partial charge in [-0.25, -0.2) is 5.48 Å². The van der Waals surface area contributed by atoms with E-state index in [1.165, 1.54) is 19.3 Å². The Balaban J connectivity index is 2.29. The van der Waals surface area contributed by atoms with E-state index in [1.54, 1.807) is 0 Å². The fraction of sp³-hybridized carbons (Fsp3) is 1.00. The largest absolute Gasteiger partial charge is 0.317 e.